The Morgan fingerprint density at radius 1 is 1.09 bits per heavy atom. The number of aromatic nitrogens is 3. The molecule has 2 aromatic heterocycles. The standard InChI is InChI=1S/C25H25F3N4OS/c1-16-11-12-17-19(30-16)8-6-9-20(17)31-22(18-7-4-5-10-21(18)33)24(2,25(26,27)28)15-34-23-29-13-14-32(23)3/h4-14,22,31,33H,15H2,1-3H3. The molecule has 0 amide bonds. The van der Waals surface area contributed by atoms with Gasteiger partial charge >= 0.3 is 6.18 Å². The third kappa shape index (κ3) is 4.57. The van der Waals surface area contributed by atoms with Crippen LogP contribution in [-0.2, 0) is 7.05 Å². The van der Waals surface area contributed by atoms with Gasteiger partial charge in [-0.3, -0.25) is 4.98 Å². The summed E-state index contributed by atoms with van der Waals surface area (Å²) in [6.07, 6.45) is -1.35. The Labute approximate surface area is 200 Å². The molecule has 0 fully saturated rings. The fourth-order valence-electron chi connectivity index (χ4n) is 3.88. The predicted octanol–water partition coefficient (Wildman–Crippen LogP) is 6.50. The molecule has 0 saturated heterocycles. The number of anilines is 1. The van der Waals surface area contributed by atoms with Gasteiger partial charge in [0.2, 0.25) is 0 Å². The molecular weight excluding hydrogens is 461 g/mol. The van der Waals surface area contributed by atoms with E-state index in [1.807, 2.05) is 25.1 Å². The topological polar surface area (TPSA) is 63.0 Å². The first-order chi connectivity index (χ1) is 16.1. The molecule has 34 heavy (non-hydrogen) atoms. The molecule has 0 aliphatic heterocycles. The molecular formula is C25H25F3N4OS. The second kappa shape index (κ2) is 9.21. The average Bonchev–Trinajstić information content (AvgIpc) is 3.20. The molecule has 0 radical (unpaired) electrons. The maximum absolute atomic E-state index is 14.8. The van der Waals surface area contributed by atoms with E-state index in [4.69, 9.17) is 0 Å². The van der Waals surface area contributed by atoms with Gasteiger partial charge in [-0.05, 0) is 44.2 Å². The van der Waals surface area contributed by atoms with Crippen molar-refractivity contribution in [1.29, 1.82) is 0 Å². The molecule has 0 bridgehead atoms. The fraction of sp³-hybridized carbons (Fsp3) is 0.280. The zero-order valence-corrected chi connectivity index (χ0v) is 19.8. The molecule has 5 nitrogen and oxygen atoms in total. The highest BCUT2D eigenvalue weighted by Crippen LogP contribution is 2.52. The third-order valence-corrected chi connectivity index (χ3v) is 7.38. The van der Waals surface area contributed by atoms with Gasteiger partial charge in [0, 0.05) is 47.5 Å². The molecule has 178 valence electrons. The zero-order valence-electron chi connectivity index (χ0n) is 19.0. The normalized spacial score (nSPS) is 14.6. The van der Waals surface area contributed by atoms with Crippen molar-refractivity contribution in [2.75, 3.05) is 11.1 Å². The van der Waals surface area contributed by atoms with Gasteiger partial charge in [0.25, 0.3) is 0 Å². The lowest BCUT2D eigenvalue weighted by Crippen LogP contribution is -2.46. The van der Waals surface area contributed by atoms with Crippen LogP contribution in [0.3, 0.4) is 0 Å². The van der Waals surface area contributed by atoms with Crippen LogP contribution in [0, 0.1) is 12.3 Å². The molecule has 2 aromatic carbocycles. The summed E-state index contributed by atoms with van der Waals surface area (Å²) < 4.78 is 46.1. The number of hydrogen-bond donors (Lipinski definition) is 2. The van der Waals surface area contributed by atoms with Crippen LogP contribution in [0.1, 0.15) is 24.2 Å². The number of nitrogens with zero attached hydrogens (tertiary/aromatic N) is 3. The first-order valence-electron chi connectivity index (χ1n) is 10.7. The number of rotatable bonds is 7. The number of thioether (sulfide) groups is 1. The number of benzene rings is 2. The number of phenols is 1. The molecule has 2 N–H and O–H groups in total. The number of imidazole rings is 1. The van der Waals surface area contributed by atoms with Gasteiger partial charge in [0.1, 0.15) is 5.75 Å². The van der Waals surface area contributed by atoms with Crippen LogP contribution in [0.25, 0.3) is 10.9 Å². The molecule has 2 heterocycles. The highest BCUT2D eigenvalue weighted by Gasteiger charge is 2.57. The summed E-state index contributed by atoms with van der Waals surface area (Å²) in [5.41, 5.74) is -0.0934. The van der Waals surface area contributed by atoms with Gasteiger partial charge in [-0.25, -0.2) is 4.98 Å². The monoisotopic (exact) mass is 486 g/mol. The number of aromatic hydroxyl groups is 1. The molecule has 4 aromatic rings. The number of alkyl halides is 3. The number of para-hydroxylation sites is 1. The van der Waals surface area contributed by atoms with Crippen LogP contribution in [0.2, 0.25) is 0 Å². The lowest BCUT2D eigenvalue weighted by atomic mass is 9.78. The molecule has 0 saturated carbocycles. The number of hydrogen-bond acceptors (Lipinski definition) is 5. The van der Waals surface area contributed by atoms with Crippen molar-refractivity contribution in [2.24, 2.45) is 12.5 Å². The maximum atomic E-state index is 14.8. The summed E-state index contributed by atoms with van der Waals surface area (Å²) in [6.45, 7) is 3.04. The largest absolute Gasteiger partial charge is 0.508 e. The van der Waals surface area contributed by atoms with E-state index >= 15 is 0 Å². The number of halogens is 3. The van der Waals surface area contributed by atoms with Gasteiger partial charge in [0.15, 0.2) is 5.16 Å². The van der Waals surface area contributed by atoms with Crippen molar-refractivity contribution in [3.05, 3.63) is 78.2 Å². The van der Waals surface area contributed by atoms with E-state index in [9.17, 15) is 18.3 Å². The fourth-order valence-corrected chi connectivity index (χ4v) is 5.04. The van der Waals surface area contributed by atoms with E-state index in [2.05, 4.69) is 15.3 Å². The number of nitrogens with one attached hydrogen (secondary N) is 1. The summed E-state index contributed by atoms with van der Waals surface area (Å²) in [7, 11) is 1.74. The van der Waals surface area contributed by atoms with Gasteiger partial charge in [-0.1, -0.05) is 36.0 Å². The Kier molecular flexibility index (Phi) is 6.49. The van der Waals surface area contributed by atoms with Crippen LogP contribution >= 0.6 is 11.8 Å². The number of pyridine rings is 1. The Morgan fingerprint density at radius 3 is 2.53 bits per heavy atom. The Balaban J connectivity index is 1.83. The van der Waals surface area contributed by atoms with Crippen molar-refractivity contribution in [1.82, 2.24) is 14.5 Å². The van der Waals surface area contributed by atoms with E-state index < -0.39 is 17.6 Å². The molecule has 9 heteroatoms. The van der Waals surface area contributed by atoms with Crippen LogP contribution in [0.4, 0.5) is 18.9 Å². The van der Waals surface area contributed by atoms with Crippen molar-refractivity contribution in [3.8, 4) is 5.75 Å². The summed E-state index contributed by atoms with van der Waals surface area (Å²) in [4.78, 5) is 8.66. The minimum Gasteiger partial charge on any atom is -0.508 e. The van der Waals surface area contributed by atoms with Crippen molar-refractivity contribution >= 4 is 28.4 Å². The van der Waals surface area contributed by atoms with Crippen molar-refractivity contribution in [2.45, 2.75) is 31.2 Å². The first kappa shape index (κ1) is 23.9. The van der Waals surface area contributed by atoms with E-state index in [1.54, 1.807) is 48.3 Å². The van der Waals surface area contributed by atoms with Crippen LogP contribution in [-0.4, -0.2) is 31.6 Å². The van der Waals surface area contributed by atoms with E-state index in [-0.39, 0.29) is 17.1 Å². The minimum atomic E-state index is -4.59. The maximum Gasteiger partial charge on any atom is 0.397 e. The van der Waals surface area contributed by atoms with Gasteiger partial charge in [-0.15, -0.1) is 0 Å². The molecule has 0 aliphatic rings. The van der Waals surface area contributed by atoms with Crippen molar-refractivity contribution in [3.63, 3.8) is 0 Å². The number of aryl methyl sites for hydroxylation is 2. The molecule has 4 rings (SSSR count). The minimum absolute atomic E-state index is 0.167. The number of phenolic OH excluding ortho intramolecular Hbond substituents is 1. The Bertz CT molecular complexity index is 1310. The summed E-state index contributed by atoms with van der Waals surface area (Å²) in [5.74, 6) is -0.512. The second-order valence-corrected chi connectivity index (χ2v) is 9.43. The summed E-state index contributed by atoms with van der Waals surface area (Å²) in [6, 6.07) is 13.8. The molecule has 0 spiro atoms. The van der Waals surface area contributed by atoms with E-state index in [0.29, 0.717) is 21.7 Å². The highest BCUT2D eigenvalue weighted by molar-refractivity contribution is 7.99. The molecule has 0 aliphatic carbocycles. The van der Waals surface area contributed by atoms with Crippen molar-refractivity contribution < 1.29 is 18.3 Å². The second-order valence-electron chi connectivity index (χ2n) is 8.49. The van der Waals surface area contributed by atoms with Crippen LogP contribution < -0.4 is 5.32 Å². The predicted molar refractivity (Wildman–Crippen MR) is 129 cm³/mol. The highest BCUT2D eigenvalue weighted by atomic mass is 32.2. The summed E-state index contributed by atoms with van der Waals surface area (Å²) >= 11 is 1.03. The lowest BCUT2D eigenvalue weighted by molar-refractivity contribution is -0.215. The van der Waals surface area contributed by atoms with Crippen LogP contribution in [0.5, 0.6) is 5.75 Å². The molecule has 2 unspecified atom stereocenters. The van der Waals surface area contributed by atoms with Crippen LogP contribution in [0.15, 0.2) is 72.1 Å². The smallest absolute Gasteiger partial charge is 0.397 e. The van der Waals surface area contributed by atoms with Gasteiger partial charge in [-0.2, -0.15) is 13.2 Å². The summed E-state index contributed by atoms with van der Waals surface area (Å²) in [5, 5.41) is 14.9. The average molecular weight is 487 g/mol. The SMILES string of the molecule is Cc1ccc2c(NC(c3ccccc3O)C(C)(CSc3nccn3C)C(F)(F)F)cccc2n1. The van der Waals surface area contributed by atoms with Gasteiger partial charge in [0.05, 0.1) is 17.0 Å². The first-order valence-corrected chi connectivity index (χ1v) is 11.7. The quantitative estimate of drug-likeness (QED) is 0.292. The zero-order chi connectivity index (χ0) is 24.5. The van der Waals surface area contributed by atoms with Gasteiger partial charge < -0.3 is 15.0 Å². The number of fused-ring (bicyclic) bond motifs is 1. The Morgan fingerprint density at radius 2 is 1.85 bits per heavy atom. The Hall–Kier alpha value is -3.20. The van der Waals surface area contributed by atoms with E-state index in [1.165, 1.54) is 19.1 Å². The lowest BCUT2D eigenvalue weighted by Gasteiger charge is -2.40. The van der Waals surface area contributed by atoms with E-state index in [0.717, 1.165) is 17.5 Å². The third-order valence-electron chi connectivity index (χ3n) is 5.98. The molecule has 2 atom stereocenters.